The van der Waals surface area contributed by atoms with E-state index in [1.54, 1.807) is 0 Å². The Balaban J connectivity index is 2.21. The number of benzene rings is 1. The molecule has 0 aliphatic heterocycles. The molecule has 1 aromatic rings. The van der Waals surface area contributed by atoms with Crippen LogP contribution in [-0.2, 0) is 10.2 Å². The van der Waals surface area contributed by atoms with Crippen LogP contribution in [0.4, 0.5) is 0 Å². The van der Waals surface area contributed by atoms with Crippen molar-refractivity contribution in [1.82, 2.24) is 5.43 Å². The Morgan fingerprint density at radius 2 is 1.80 bits per heavy atom. The molecular weight excluding hydrogens is 252 g/mol. The molecule has 0 bridgehead atoms. The first-order valence-corrected chi connectivity index (χ1v) is 7.16. The van der Waals surface area contributed by atoms with Crippen LogP contribution in [0.15, 0.2) is 24.3 Å². The zero-order valence-corrected chi connectivity index (χ0v) is 12.7. The van der Waals surface area contributed by atoms with Gasteiger partial charge in [-0.2, -0.15) is 0 Å². The number of hydrogen-bond donors (Lipinski definition) is 2. The predicted molar refractivity (Wildman–Crippen MR) is 81.4 cm³/mol. The fourth-order valence-corrected chi connectivity index (χ4v) is 1.88. The molecule has 0 saturated carbocycles. The molecule has 0 saturated heterocycles. The Hall–Kier alpha value is -1.55. The van der Waals surface area contributed by atoms with Gasteiger partial charge in [0.25, 0.3) is 0 Å². The molecule has 0 aliphatic rings. The van der Waals surface area contributed by atoms with Crippen LogP contribution in [0.5, 0.6) is 5.75 Å². The monoisotopic (exact) mass is 278 g/mol. The number of hydrazine groups is 1. The van der Waals surface area contributed by atoms with E-state index in [1.807, 2.05) is 12.1 Å². The van der Waals surface area contributed by atoms with Gasteiger partial charge in [-0.3, -0.25) is 10.2 Å². The van der Waals surface area contributed by atoms with Gasteiger partial charge in [0, 0.05) is 6.42 Å². The molecule has 4 heteroatoms. The third-order valence-corrected chi connectivity index (χ3v) is 3.20. The fraction of sp³-hybridized carbons (Fsp3) is 0.562. The summed E-state index contributed by atoms with van der Waals surface area (Å²) in [6.07, 6.45) is 3.23. The van der Waals surface area contributed by atoms with Gasteiger partial charge in [-0.15, -0.1) is 0 Å². The molecule has 0 aromatic heterocycles. The summed E-state index contributed by atoms with van der Waals surface area (Å²) in [5.41, 5.74) is 3.60. The summed E-state index contributed by atoms with van der Waals surface area (Å²) in [5.74, 6) is 5.80. The zero-order valence-electron chi connectivity index (χ0n) is 12.7. The van der Waals surface area contributed by atoms with Crippen molar-refractivity contribution >= 4 is 5.91 Å². The van der Waals surface area contributed by atoms with Crippen LogP contribution < -0.4 is 16.0 Å². The van der Waals surface area contributed by atoms with Crippen LogP contribution in [0.1, 0.15) is 52.0 Å². The molecule has 20 heavy (non-hydrogen) atoms. The van der Waals surface area contributed by atoms with Gasteiger partial charge in [-0.25, -0.2) is 5.84 Å². The van der Waals surface area contributed by atoms with Crippen molar-refractivity contribution in [1.29, 1.82) is 0 Å². The van der Waals surface area contributed by atoms with Gasteiger partial charge in [0.15, 0.2) is 0 Å². The fourth-order valence-electron chi connectivity index (χ4n) is 1.88. The number of carbonyl (C=O) groups is 1. The third-order valence-electron chi connectivity index (χ3n) is 3.20. The van der Waals surface area contributed by atoms with Crippen LogP contribution in [0.25, 0.3) is 0 Å². The van der Waals surface area contributed by atoms with Gasteiger partial charge in [0.05, 0.1) is 6.61 Å². The molecule has 0 fully saturated rings. The Kier molecular flexibility index (Phi) is 6.52. The Labute approximate surface area is 121 Å². The molecule has 1 rings (SSSR count). The summed E-state index contributed by atoms with van der Waals surface area (Å²) >= 11 is 0. The van der Waals surface area contributed by atoms with Crippen molar-refractivity contribution < 1.29 is 9.53 Å². The summed E-state index contributed by atoms with van der Waals surface area (Å²) in [7, 11) is 0. The van der Waals surface area contributed by atoms with Crippen LogP contribution >= 0.6 is 0 Å². The molecule has 0 radical (unpaired) electrons. The molecule has 3 N–H and O–H groups in total. The lowest BCUT2D eigenvalue weighted by atomic mass is 9.87. The lowest BCUT2D eigenvalue weighted by Gasteiger charge is -2.19. The smallest absolute Gasteiger partial charge is 0.233 e. The van der Waals surface area contributed by atoms with Gasteiger partial charge in [0.2, 0.25) is 5.91 Å². The topological polar surface area (TPSA) is 64.3 Å². The summed E-state index contributed by atoms with van der Waals surface area (Å²) in [6, 6.07) is 8.26. The van der Waals surface area contributed by atoms with Gasteiger partial charge < -0.3 is 4.74 Å². The van der Waals surface area contributed by atoms with E-state index in [9.17, 15) is 4.79 Å². The molecule has 0 aliphatic carbocycles. The summed E-state index contributed by atoms with van der Waals surface area (Å²) < 4.78 is 5.68. The Bertz CT molecular complexity index is 407. The molecule has 112 valence electrons. The van der Waals surface area contributed by atoms with Crippen molar-refractivity contribution in [2.75, 3.05) is 6.61 Å². The molecule has 0 spiro atoms. The number of carbonyl (C=O) groups excluding carboxylic acids is 1. The first kappa shape index (κ1) is 16.5. The molecule has 4 nitrogen and oxygen atoms in total. The van der Waals surface area contributed by atoms with E-state index >= 15 is 0 Å². The predicted octanol–water partition coefficient (Wildman–Crippen LogP) is 2.91. The van der Waals surface area contributed by atoms with Gasteiger partial charge in [-0.05, 0) is 42.4 Å². The number of nitrogens with one attached hydrogen (secondary N) is 1. The van der Waals surface area contributed by atoms with E-state index in [4.69, 9.17) is 10.6 Å². The third kappa shape index (κ3) is 6.06. The minimum Gasteiger partial charge on any atom is -0.494 e. The zero-order chi connectivity index (χ0) is 15.0. The molecular formula is C16H26N2O2. The van der Waals surface area contributed by atoms with Crippen LogP contribution in [0.2, 0.25) is 0 Å². The van der Waals surface area contributed by atoms with Crippen molar-refractivity contribution in [2.24, 2.45) is 5.84 Å². The first-order chi connectivity index (χ1) is 9.43. The normalized spacial score (nSPS) is 11.2. The summed E-state index contributed by atoms with van der Waals surface area (Å²) in [6.45, 7) is 7.26. The molecule has 0 unspecified atom stereocenters. The minimum absolute atomic E-state index is 0.108. The average Bonchev–Trinajstić information content (AvgIpc) is 2.41. The molecule has 0 atom stereocenters. The lowest BCUT2D eigenvalue weighted by molar-refractivity contribution is -0.121. The number of hydrogen-bond acceptors (Lipinski definition) is 3. The number of amides is 1. The number of rotatable bonds is 7. The number of ether oxygens (including phenoxy) is 1. The van der Waals surface area contributed by atoms with E-state index in [1.165, 1.54) is 5.56 Å². The minimum atomic E-state index is -0.108. The van der Waals surface area contributed by atoms with E-state index in [-0.39, 0.29) is 11.3 Å². The summed E-state index contributed by atoms with van der Waals surface area (Å²) in [4.78, 5) is 10.9. The average molecular weight is 278 g/mol. The SMILES string of the molecule is CC(C)(C)c1ccc(OCCCCCC(=O)NN)cc1. The second-order valence-electron chi connectivity index (χ2n) is 6.00. The van der Waals surface area contributed by atoms with E-state index in [0.29, 0.717) is 13.0 Å². The Morgan fingerprint density at radius 1 is 1.15 bits per heavy atom. The quantitative estimate of drug-likeness (QED) is 0.349. The number of nitrogens with two attached hydrogens (primary N) is 1. The highest BCUT2D eigenvalue weighted by Gasteiger charge is 2.12. The second-order valence-corrected chi connectivity index (χ2v) is 6.00. The standard InChI is InChI=1S/C16H26N2O2/c1-16(2,3)13-8-10-14(11-9-13)20-12-6-4-5-7-15(19)18-17/h8-11H,4-7,12,17H2,1-3H3,(H,18,19). The van der Waals surface area contributed by atoms with Crippen LogP contribution in [-0.4, -0.2) is 12.5 Å². The number of unbranched alkanes of at least 4 members (excludes halogenated alkanes) is 2. The second kappa shape index (κ2) is 7.90. The van der Waals surface area contributed by atoms with E-state index in [2.05, 4.69) is 38.3 Å². The van der Waals surface area contributed by atoms with Crippen molar-refractivity contribution in [3.05, 3.63) is 29.8 Å². The maximum absolute atomic E-state index is 10.9. The van der Waals surface area contributed by atoms with Gasteiger partial charge in [-0.1, -0.05) is 32.9 Å². The highest BCUT2D eigenvalue weighted by Crippen LogP contribution is 2.24. The maximum Gasteiger partial charge on any atom is 0.233 e. The Morgan fingerprint density at radius 3 is 2.35 bits per heavy atom. The van der Waals surface area contributed by atoms with Gasteiger partial charge >= 0.3 is 0 Å². The first-order valence-electron chi connectivity index (χ1n) is 7.16. The summed E-state index contributed by atoms with van der Waals surface area (Å²) in [5, 5.41) is 0. The highest BCUT2D eigenvalue weighted by molar-refractivity contribution is 5.75. The molecule has 1 amide bonds. The highest BCUT2D eigenvalue weighted by atomic mass is 16.5. The molecule has 1 aromatic carbocycles. The largest absolute Gasteiger partial charge is 0.494 e. The van der Waals surface area contributed by atoms with E-state index < -0.39 is 0 Å². The van der Waals surface area contributed by atoms with Gasteiger partial charge in [0.1, 0.15) is 5.75 Å². The lowest BCUT2D eigenvalue weighted by Crippen LogP contribution is -2.29. The van der Waals surface area contributed by atoms with Crippen molar-refractivity contribution in [2.45, 2.75) is 51.9 Å². The molecule has 0 heterocycles. The van der Waals surface area contributed by atoms with Crippen molar-refractivity contribution in [3.63, 3.8) is 0 Å². The van der Waals surface area contributed by atoms with Crippen molar-refractivity contribution in [3.8, 4) is 5.75 Å². The van der Waals surface area contributed by atoms with Crippen LogP contribution in [0.3, 0.4) is 0 Å². The maximum atomic E-state index is 10.9. The van der Waals surface area contributed by atoms with E-state index in [0.717, 1.165) is 25.0 Å². The van der Waals surface area contributed by atoms with Crippen LogP contribution in [0, 0.1) is 0 Å².